The number of nitrogens with zero attached hydrogens (tertiary/aromatic N) is 1. The van der Waals surface area contributed by atoms with E-state index in [2.05, 4.69) is 21.2 Å². The largest absolute Gasteiger partial charge is 0.253 e. The van der Waals surface area contributed by atoms with Crippen molar-refractivity contribution in [1.29, 1.82) is 0 Å². The molecule has 2 N–H and O–H groups in total. The fourth-order valence-corrected chi connectivity index (χ4v) is 5.24. The van der Waals surface area contributed by atoms with Crippen molar-refractivity contribution in [3.63, 3.8) is 0 Å². The van der Waals surface area contributed by atoms with Gasteiger partial charge in [0.15, 0.2) is 0 Å². The first kappa shape index (κ1) is 29.1. The van der Waals surface area contributed by atoms with Crippen molar-refractivity contribution in [1.82, 2.24) is 13.7 Å². The Labute approximate surface area is 169 Å². The molecule has 0 radical (unpaired) electrons. The van der Waals surface area contributed by atoms with Gasteiger partial charge in [-0.15, -0.1) is 0 Å². The molecule has 27 heavy (non-hydrogen) atoms. The third-order valence-electron chi connectivity index (χ3n) is 3.18. The van der Waals surface area contributed by atoms with Crippen LogP contribution >= 0.6 is 0 Å². The van der Waals surface area contributed by atoms with Crippen molar-refractivity contribution in [3.05, 3.63) is 0 Å². The second kappa shape index (κ2) is 11.8. The molecule has 0 spiro atoms. The summed E-state index contributed by atoms with van der Waals surface area (Å²) in [6.07, 6.45) is 4.91. The minimum atomic E-state index is -2.94. The van der Waals surface area contributed by atoms with Crippen LogP contribution in [0.3, 0.4) is 0 Å². The fraction of sp³-hybridized carbons (Fsp3) is 0.882. The van der Waals surface area contributed by atoms with E-state index in [0.29, 0.717) is 6.04 Å². The van der Waals surface area contributed by atoms with Crippen LogP contribution in [0, 0.1) is 0 Å². The van der Waals surface area contributed by atoms with E-state index in [-0.39, 0.29) is 17.3 Å². The van der Waals surface area contributed by atoms with Crippen molar-refractivity contribution in [2.45, 2.75) is 77.8 Å². The Kier molecular flexibility index (Phi) is 12.7. The number of hydrogen-bond acceptors (Lipinski definition) is 4. The van der Waals surface area contributed by atoms with Crippen LogP contribution in [-0.2, 0) is 29.4 Å². The maximum Gasteiger partial charge on any atom is 0.214 e. The number of rotatable bonds is 7. The molecule has 1 aliphatic rings. The maximum absolute atomic E-state index is 11.1. The molecular weight excluding hydrogens is 406 g/mol. The Morgan fingerprint density at radius 3 is 1.33 bits per heavy atom. The first-order valence-electron chi connectivity index (χ1n) is 8.95. The van der Waals surface area contributed by atoms with Gasteiger partial charge in [0.25, 0.3) is 0 Å². The quantitative estimate of drug-likeness (QED) is 0.575. The van der Waals surface area contributed by atoms with Gasteiger partial charge in [0.1, 0.15) is 0 Å². The zero-order chi connectivity index (χ0) is 22.2. The Balaban J connectivity index is 0. The molecule has 1 fully saturated rings. The average molecular weight is 448 g/mol. The standard InChI is InChI=1S/C6H13NO2S.C6H15NOS.C5H13NOS/c1-5(2)7-10(8,9)6-3-4-6;1-6(2)7(3)9(4,5)8;1-5(2)6-8(3,4)7/h5-7H,3-4H2,1-2H3;6H,4H2,1-3,5H3;5H,3H2,1-2,4H3,(H,6,7). The van der Waals surface area contributed by atoms with Gasteiger partial charge in [0.2, 0.25) is 10.0 Å². The monoisotopic (exact) mass is 447 g/mol. The fourth-order valence-electron chi connectivity index (χ4n) is 1.75. The third-order valence-corrected chi connectivity index (χ3v) is 7.94. The summed E-state index contributed by atoms with van der Waals surface area (Å²) in [6, 6.07) is 0.593. The molecule has 1 aliphatic carbocycles. The van der Waals surface area contributed by atoms with Gasteiger partial charge >= 0.3 is 0 Å². The first-order chi connectivity index (χ1) is 11.8. The average Bonchev–Trinajstić information content (AvgIpc) is 3.17. The normalized spacial score (nSPS) is 19.0. The van der Waals surface area contributed by atoms with Crippen molar-refractivity contribution in [3.8, 4) is 0 Å². The van der Waals surface area contributed by atoms with Gasteiger partial charge in [0, 0.05) is 50.1 Å². The van der Waals surface area contributed by atoms with Crippen LogP contribution in [0.4, 0.5) is 0 Å². The van der Waals surface area contributed by atoms with Gasteiger partial charge in [-0.05, 0) is 73.2 Å². The van der Waals surface area contributed by atoms with Crippen molar-refractivity contribution >= 4 is 41.2 Å². The van der Waals surface area contributed by atoms with Crippen LogP contribution in [-0.4, -0.2) is 75.8 Å². The highest BCUT2D eigenvalue weighted by atomic mass is 32.2. The number of sulfonamides is 1. The summed E-state index contributed by atoms with van der Waals surface area (Å²) in [5.41, 5.74) is 0. The van der Waals surface area contributed by atoms with E-state index in [1.165, 1.54) is 0 Å². The molecule has 1 rings (SSSR count). The van der Waals surface area contributed by atoms with E-state index < -0.39 is 29.4 Å². The van der Waals surface area contributed by atoms with Crippen molar-refractivity contribution in [2.75, 3.05) is 19.6 Å². The molecule has 0 aromatic rings. The Bertz CT molecular complexity index is 721. The highest BCUT2D eigenvalue weighted by Crippen LogP contribution is 2.27. The van der Waals surface area contributed by atoms with Gasteiger partial charge in [-0.1, -0.05) is 0 Å². The predicted molar refractivity (Wildman–Crippen MR) is 124 cm³/mol. The predicted octanol–water partition coefficient (Wildman–Crippen LogP) is 1.31. The highest BCUT2D eigenvalue weighted by molar-refractivity contribution is 7.98. The van der Waals surface area contributed by atoms with Crippen LogP contribution < -0.4 is 9.44 Å². The van der Waals surface area contributed by atoms with Gasteiger partial charge in [-0.25, -0.2) is 22.2 Å². The minimum Gasteiger partial charge on any atom is -0.253 e. The van der Waals surface area contributed by atoms with E-state index >= 15 is 0 Å². The molecule has 10 heteroatoms. The molecule has 0 aliphatic heterocycles. The lowest BCUT2D eigenvalue weighted by atomic mass is 10.4. The summed E-state index contributed by atoms with van der Waals surface area (Å²) in [4.78, 5) is 0. The molecule has 2 unspecified atom stereocenters. The first-order valence-corrected chi connectivity index (χ1v) is 14.7. The molecule has 0 amide bonds. The molecule has 7 nitrogen and oxygen atoms in total. The number of hydrogen-bond donors (Lipinski definition) is 2. The molecule has 0 heterocycles. The van der Waals surface area contributed by atoms with E-state index in [1.54, 1.807) is 16.8 Å². The summed E-state index contributed by atoms with van der Waals surface area (Å²) in [5.74, 6) is 6.97. The molecule has 2 atom stereocenters. The zero-order valence-corrected chi connectivity index (χ0v) is 20.9. The SMILES string of the molecule is C=S(C)(=O)N(C)C(C)C.C=S(C)(=O)NC(C)C.CC(C)NS(=O)(=O)C1CC1. The lowest BCUT2D eigenvalue weighted by Crippen LogP contribution is -2.32. The van der Waals surface area contributed by atoms with Crippen molar-refractivity contribution in [2.24, 2.45) is 0 Å². The molecule has 0 aromatic carbocycles. The molecule has 0 bridgehead atoms. The Morgan fingerprint density at radius 2 is 1.22 bits per heavy atom. The van der Waals surface area contributed by atoms with Gasteiger partial charge in [0.05, 0.1) is 5.25 Å². The van der Waals surface area contributed by atoms with Crippen LogP contribution in [0.15, 0.2) is 0 Å². The lowest BCUT2D eigenvalue weighted by molar-refractivity contribution is 0.444. The van der Waals surface area contributed by atoms with Crippen molar-refractivity contribution < 1.29 is 16.8 Å². The van der Waals surface area contributed by atoms with Gasteiger partial charge < -0.3 is 0 Å². The Morgan fingerprint density at radius 1 is 0.852 bits per heavy atom. The number of nitrogens with one attached hydrogen (secondary N) is 2. The molecular formula is C17H41N3O4S3. The summed E-state index contributed by atoms with van der Waals surface area (Å²) < 4.78 is 51.2. The highest BCUT2D eigenvalue weighted by Gasteiger charge is 2.35. The minimum absolute atomic E-state index is 0.0330. The zero-order valence-electron chi connectivity index (χ0n) is 18.4. The molecule has 0 aromatic heterocycles. The molecule has 166 valence electrons. The molecule has 0 saturated heterocycles. The van der Waals surface area contributed by atoms with E-state index in [1.807, 2.05) is 48.6 Å². The lowest BCUT2D eigenvalue weighted by Gasteiger charge is -2.21. The smallest absolute Gasteiger partial charge is 0.214 e. The molecule has 1 saturated carbocycles. The van der Waals surface area contributed by atoms with Crippen LogP contribution in [0.25, 0.3) is 0 Å². The van der Waals surface area contributed by atoms with Gasteiger partial charge in [-0.2, -0.15) is 0 Å². The Hall–Kier alpha value is -0.130. The van der Waals surface area contributed by atoms with Crippen LogP contribution in [0.2, 0.25) is 0 Å². The van der Waals surface area contributed by atoms with Crippen LogP contribution in [0.5, 0.6) is 0 Å². The third kappa shape index (κ3) is 17.7. The van der Waals surface area contributed by atoms with E-state index in [0.717, 1.165) is 12.8 Å². The van der Waals surface area contributed by atoms with E-state index in [4.69, 9.17) is 0 Å². The maximum atomic E-state index is 11.1. The second-order valence-electron chi connectivity index (χ2n) is 7.89. The van der Waals surface area contributed by atoms with E-state index in [9.17, 15) is 16.8 Å². The summed E-state index contributed by atoms with van der Waals surface area (Å²) in [6.45, 7) is 11.5. The summed E-state index contributed by atoms with van der Waals surface area (Å²) in [5, 5.41) is -0.0881. The summed E-state index contributed by atoms with van der Waals surface area (Å²) >= 11 is 0. The van der Waals surface area contributed by atoms with Crippen LogP contribution in [0.1, 0.15) is 54.4 Å². The van der Waals surface area contributed by atoms with Gasteiger partial charge in [-0.3, -0.25) is 8.42 Å². The second-order valence-corrected chi connectivity index (χ2v) is 14.6. The summed E-state index contributed by atoms with van der Waals surface area (Å²) in [7, 11) is -5.06. The topological polar surface area (TPSA) is 95.6 Å².